The molecule has 7 heteroatoms. The van der Waals surface area contributed by atoms with Gasteiger partial charge in [0.15, 0.2) is 0 Å². The van der Waals surface area contributed by atoms with E-state index in [9.17, 15) is 13.2 Å². The van der Waals surface area contributed by atoms with Crippen molar-refractivity contribution in [3.63, 3.8) is 0 Å². The van der Waals surface area contributed by atoms with Gasteiger partial charge < -0.3 is 10.1 Å². The van der Waals surface area contributed by atoms with Gasteiger partial charge in [-0.3, -0.25) is 4.79 Å². The summed E-state index contributed by atoms with van der Waals surface area (Å²) >= 11 is 0. The Bertz CT molecular complexity index is 1210. The summed E-state index contributed by atoms with van der Waals surface area (Å²) < 4.78 is 32.4. The second-order valence-corrected chi connectivity index (χ2v) is 10.2. The molecule has 168 valence electrons. The van der Waals surface area contributed by atoms with Crippen LogP contribution < -0.4 is 10.1 Å². The third-order valence-corrected chi connectivity index (χ3v) is 7.97. The van der Waals surface area contributed by atoms with Crippen LogP contribution in [0, 0.1) is 12.8 Å². The summed E-state index contributed by atoms with van der Waals surface area (Å²) in [4.78, 5) is 13.0. The van der Waals surface area contributed by atoms with Crippen molar-refractivity contribution in [2.24, 2.45) is 5.92 Å². The molecule has 1 amide bonds. The molecule has 0 radical (unpaired) electrons. The van der Waals surface area contributed by atoms with Gasteiger partial charge >= 0.3 is 0 Å². The predicted molar refractivity (Wildman–Crippen MR) is 125 cm³/mol. The Morgan fingerprint density at radius 3 is 2.34 bits per heavy atom. The fourth-order valence-corrected chi connectivity index (χ4v) is 5.53. The lowest BCUT2D eigenvalue weighted by atomic mass is 9.97. The van der Waals surface area contributed by atoms with Gasteiger partial charge in [-0.1, -0.05) is 35.9 Å². The Labute approximate surface area is 189 Å². The molecular formula is C25H28N2O4S. The molecule has 32 heavy (non-hydrogen) atoms. The number of methoxy groups -OCH3 is 1. The number of hydrogen-bond donors (Lipinski definition) is 1. The number of carbonyl (C=O) groups is 1. The topological polar surface area (TPSA) is 75.7 Å². The minimum atomic E-state index is -3.52. The van der Waals surface area contributed by atoms with Gasteiger partial charge in [-0.05, 0) is 66.4 Å². The van der Waals surface area contributed by atoms with Gasteiger partial charge in [0, 0.05) is 25.6 Å². The van der Waals surface area contributed by atoms with Crippen LogP contribution in [0.15, 0.2) is 65.6 Å². The molecule has 0 aliphatic carbocycles. The van der Waals surface area contributed by atoms with Crippen LogP contribution in [0.1, 0.15) is 24.0 Å². The van der Waals surface area contributed by atoms with Crippen LogP contribution >= 0.6 is 0 Å². The van der Waals surface area contributed by atoms with Crippen LogP contribution in [-0.4, -0.2) is 38.8 Å². The fourth-order valence-electron chi connectivity index (χ4n) is 4.06. The van der Waals surface area contributed by atoms with Crippen LogP contribution in [-0.2, 0) is 21.4 Å². The molecule has 1 heterocycles. The largest absolute Gasteiger partial charge is 0.497 e. The van der Waals surface area contributed by atoms with Crippen molar-refractivity contribution >= 4 is 26.7 Å². The third-order valence-electron chi connectivity index (χ3n) is 6.06. The number of hydrogen-bond acceptors (Lipinski definition) is 4. The summed E-state index contributed by atoms with van der Waals surface area (Å²) in [5, 5.41) is 5.19. The Kier molecular flexibility index (Phi) is 6.48. The van der Waals surface area contributed by atoms with E-state index in [0.29, 0.717) is 37.4 Å². The van der Waals surface area contributed by atoms with Crippen molar-refractivity contribution < 1.29 is 17.9 Å². The minimum absolute atomic E-state index is 0.0211. The van der Waals surface area contributed by atoms with E-state index in [1.165, 1.54) is 4.31 Å². The number of benzene rings is 3. The summed E-state index contributed by atoms with van der Waals surface area (Å²) in [6.45, 7) is 3.08. The first-order chi connectivity index (χ1) is 15.4. The maximum absolute atomic E-state index is 12.9. The van der Waals surface area contributed by atoms with E-state index in [0.717, 1.165) is 27.6 Å². The molecule has 4 rings (SSSR count). The highest BCUT2D eigenvalue weighted by Gasteiger charge is 2.31. The summed E-state index contributed by atoms with van der Waals surface area (Å²) in [6, 6.07) is 18.9. The minimum Gasteiger partial charge on any atom is -0.497 e. The van der Waals surface area contributed by atoms with Crippen molar-refractivity contribution in [2.45, 2.75) is 31.2 Å². The van der Waals surface area contributed by atoms with E-state index in [1.807, 2.05) is 37.3 Å². The van der Waals surface area contributed by atoms with Crippen molar-refractivity contribution in [3.8, 4) is 5.75 Å². The monoisotopic (exact) mass is 452 g/mol. The zero-order valence-electron chi connectivity index (χ0n) is 18.4. The Hall–Kier alpha value is -2.90. The number of nitrogens with zero attached hydrogens (tertiary/aromatic N) is 1. The maximum atomic E-state index is 12.9. The SMILES string of the molecule is COc1ccc2cc(CNC(=O)C3CCN(S(=O)(=O)c4ccc(C)cc4)CC3)ccc2c1. The van der Waals surface area contributed by atoms with Crippen LogP contribution in [0.25, 0.3) is 10.8 Å². The number of fused-ring (bicyclic) bond motifs is 1. The van der Waals surface area contributed by atoms with Gasteiger partial charge in [-0.2, -0.15) is 4.31 Å². The van der Waals surface area contributed by atoms with E-state index in [2.05, 4.69) is 11.4 Å². The molecule has 3 aromatic carbocycles. The molecule has 3 aromatic rings. The van der Waals surface area contributed by atoms with Crippen molar-refractivity contribution in [2.75, 3.05) is 20.2 Å². The first-order valence-electron chi connectivity index (χ1n) is 10.8. The lowest BCUT2D eigenvalue weighted by Gasteiger charge is -2.30. The zero-order valence-corrected chi connectivity index (χ0v) is 19.2. The lowest BCUT2D eigenvalue weighted by Crippen LogP contribution is -2.42. The molecule has 6 nitrogen and oxygen atoms in total. The highest BCUT2D eigenvalue weighted by Crippen LogP contribution is 2.25. The fraction of sp³-hybridized carbons (Fsp3) is 0.320. The van der Waals surface area contributed by atoms with Gasteiger partial charge in [-0.15, -0.1) is 0 Å². The molecule has 1 N–H and O–H groups in total. The van der Waals surface area contributed by atoms with Gasteiger partial charge in [-0.25, -0.2) is 8.42 Å². The van der Waals surface area contributed by atoms with Crippen LogP contribution in [0.3, 0.4) is 0 Å². The molecule has 0 spiro atoms. The van der Waals surface area contributed by atoms with Crippen LogP contribution in [0.2, 0.25) is 0 Å². The third kappa shape index (κ3) is 4.79. The van der Waals surface area contributed by atoms with E-state index >= 15 is 0 Å². The molecule has 0 saturated carbocycles. The van der Waals surface area contributed by atoms with Gasteiger partial charge in [0.2, 0.25) is 15.9 Å². The Morgan fingerprint density at radius 2 is 1.66 bits per heavy atom. The van der Waals surface area contributed by atoms with Crippen molar-refractivity contribution in [1.29, 1.82) is 0 Å². The number of piperidine rings is 1. The highest BCUT2D eigenvalue weighted by atomic mass is 32.2. The normalized spacial score (nSPS) is 15.6. The second kappa shape index (κ2) is 9.30. The number of rotatable bonds is 6. The summed E-state index contributed by atoms with van der Waals surface area (Å²) in [5.41, 5.74) is 2.04. The van der Waals surface area contributed by atoms with Gasteiger partial charge in [0.25, 0.3) is 0 Å². The van der Waals surface area contributed by atoms with E-state index < -0.39 is 10.0 Å². The molecule has 0 bridgehead atoms. The molecule has 1 aliphatic rings. The molecule has 1 fully saturated rings. The van der Waals surface area contributed by atoms with Gasteiger partial charge in [0.05, 0.1) is 12.0 Å². The average molecular weight is 453 g/mol. The lowest BCUT2D eigenvalue weighted by molar-refractivity contribution is -0.126. The van der Waals surface area contributed by atoms with E-state index in [4.69, 9.17) is 4.74 Å². The number of nitrogens with one attached hydrogen (secondary N) is 1. The standard InChI is InChI=1S/C25H28N2O4S/c1-18-3-9-24(10-4-18)32(29,30)27-13-11-20(12-14-27)25(28)26-17-19-5-6-22-16-23(31-2)8-7-21(22)15-19/h3-10,15-16,20H,11-14,17H2,1-2H3,(H,26,28). The number of carbonyl (C=O) groups excluding carboxylic acids is 1. The molecule has 1 saturated heterocycles. The molecule has 0 unspecified atom stereocenters. The number of aryl methyl sites for hydroxylation is 1. The summed E-state index contributed by atoms with van der Waals surface area (Å²) in [7, 11) is -1.87. The zero-order chi connectivity index (χ0) is 22.7. The van der Waals surface area contributed by atoms with Crippen LogP contribution in [0.4, 0.5) is 0 Å². The number of sulfonamides is 1. The predicted octanol–water partition coefficient (Wildman–Crippen LogP) is 3.87. The first kappa shape index (κ1) is 22.3. The Morgan fingerprint density at radius 1 is 1.00 bits per heavy atom. The molecule has 1 aliphatic heterocycles. The maximum Gasteiger partial charge on any atom is 0.243 e. The highest BCUT2D eigenvalue weighted by molar-refractivity contribution is 7.89. The number of ether oxygens (including phenoxy) is 1. The first-order valence-corrected chi connectivity index (χ1v) is 12.2. The molecular weight excluding hydrogens is 424 g/mol. The smallest absolute Gasteiger partial charge is 0.243 e. The van der Waals surface area contributed by atoms with Crippen LogP contribution in [0.5, 0.6) is 5.75 Å². The Balaban J connectivity index is 1.33. The summed E-state index contributed by atoms with van der Waals surface area (Å²) in [6.07, 6.45) is 1.04. The molecule has 0 aromatic heterocycles. The molecule has 0 atom stereocenters. The van der Waals surface area contributed by atoms with E-state index in [-0.39, 0.29) is 11.8 Å². The van der Waals surface area contributed by atoms with E-state index in [1.54, 1.807) is 31.4 Å². The summed E-state index contributed by atoms with van der Waals surface area (Å²) in [5.74, 6) is 0.616. The van der Waals surface area contributed by atoms with Gasteiger partial charge in [0.1, 0.15) is 5.75 Å². The number of amides is 1. The average Bonchev–Trinajstić information content (AvgIpc) is 2.82. The van der Waals surface area contributed by atoms with Crippen molar-refractivity contribution in [3.05, 3.63) is 71.8 Å². The second-order valence-electron chi connectivity index (χ2n) is 8.26. The quantitative estimate of drug-likeness (QED) is 0.616. The van der Waals surface area contributed by atoms with Crippen molar-refractivity contribution in [1.82, 2.24) is 9.62 Å².